The number of hydrogen-bond acceptors (Lipinski definition) is 1. The number of hydrogen-bond donors (Lipinski definition) is 1. The average molecular weight is 330 g/mol. The molecule has 1 N–H and O–H groups in total. The Kier molecular flexibility index (Phi) is 5.74. The second-order valence-electron chi connectivity index (χ2n) is 4.78. The first kappa shape index (κ1) is 15.7. The zero-order valence-corrected chi connectivity index (χ0v) is 13.1. The van der Waals surface area contributed by atoms with E-state index in [4.69, 9.17) is 34.8 Å². The van der Waals surface area contributed by atoms with Crippen LogP contribution in [0, 0.1) is 5.92 Å². The van der Waals surface area contributed by atoms with E-state index >= 15 is 0 Å². The Balaban J connectivity index is 2.13. The van der Waals surface area contributed by atoms with E-state index < -0.39 is 0 Å². The fourth-order valence-electron chi connectivity index (χ4n) is 2.19. The Bertz CT molecular complexity index is 584. The normalized spacial score (nSPS) is 12.4. The van der Waals surface area contributed by atoms with Gasteiger partial charge in [0.05, 0.1) is 0 Å². The fourth-order valence-corrected chi connectivity index (χ4v) is 2.79. The molecule has 0 fully saturated rings. The molecule has 0 saturated carbocycles. The van der Waals surface area contributed by atoms with E-state index in [0.29, 0.717) is 22.9 Å². The van der Waals surface area contributed by atoms with Gasteiger partial charge < -0.3 is 5.11 Å². The molecule has 0 bridgehead atoms. The summed E-state index contributed by atoms with van der Waals surface area (Å²) in [5, 5.41) is 11.6. The predicted molar refractivity (Wildman–Crippen MR) is 85.9 cm³/mol. The van der Waals surface area contributed by atoms with Crippen molar-refractivity contribution >= 4 is 34.8 Å². The van der Waals surface area contributed by atoms with Crippen LogP contribution in [0.2, 0.25) is 15.1 Å². The first-order chi connectivity index (χ1) is 9.60. The van der Waals surface area contributed by atoms with Crippen LogP contribution >= 0.6 is 34.8 Å². The van der Waals surface area contributed by atoms with E-state index in [1.807, 2.05) is 30.3 Å². The summed E-state index contributed by atoms with van der Waals surface area (Å²) >= 11 is 18.3. The molecule has 0 aliphatic heterocycles. The van der Waals surface area contributed by atoms with Gasteiger partial charge in [-0.05, 0) is 54.2 Å². The van der Waals surface area contributed by atoms with Gasteiger partial charge in [0.2, 0.25) is 0 Å². The summed E-state index contributed by atoms with van der Waals surface area (Å²) in [6.45, 7) is 0.0774. The highest BCUT2D eigenvalue weighted by atomic mass is 35.5. The van der Waals surface area contributed by atoms with Crippen LogP contribution in [0.25, 0.3) is 0 Å². The number of aliphatic hydroxyl groups is 1. The van der Waals surface area contributed by atoms with Crippen LogP contribution in [0.3, 0.4) is 0 Å². The SMILES string of the molecule is OCC(Cc1ccccc1Cl)Cc1cc(Cl)ccc1Cl. The van der Waals surface area contributed by atoms with E-state index in [2.05, 4.69) is 0 Å². The fraction of sp³-hybridized carbons (Fsp3) is 0.250. The Morgan fingerprint density at radius 1 is 0.850 bits per heavy atom. The van der Waals surface area contributed by atoms with Crippen molar-refractivity contribution in [2.24, 2.45) is 5.92 Å². The lowest BCUT2D eigenvalue weighted by Crippen LogP contribution is -2.13. The summed E-state index contributed by atoms with van der Waals surface area (Å²) in [5.74, 6) is 0.0610. The standard InChI is InChI=1S/C16H15Cl3O/c17-14-5-6-16(19)13(9-14)8-11(10-20)7-12-3-1-2-4-15(12)18/h1-6,9,11,20H,7-8,10H2. The lowest BCUT2D eigenvalue weighted by Gasteiger charge is -2.16. The second kappa shape index (κ2) is 7.33. The van der Waals surface area contributed by atoms with Crippen molar-refractivity contribution in [1.82, 2.24) is 0 Å². The molecule has 106 valence electrons. The average Bonchev–Trinajstić information content (AvgIpc) is 2.44. The van der Waals surface area contributed by atoms with Crippen molar-refractivity contribution in [3.05, 3.63) is 68.7 Å². The summed E-state index contributed by atoms with van der Waals surface area (Å²) in [5.41, 5.74) is 1.98. The van der Waals surface area contributed by atoms with Crippen molar-refractivity contribution in [2.75, 3.05) is 6.61 Å². The maximum atomic E-state index is 9.58. The molecule has 0 aliphatic carbocycles. The third-order valence-corrected chi connectivity index (χ3v) is 4.21. The van der Waals surface area contributed by atoms with Crippen molar-refractivity contribution in [2.45, 2.75) is 12.8 Å². The molecule has 1 unspecified atom stereocenters. The molecule has 1 atom stereocenters. The molecule has 20 heavy (non-hydrogen) atoms. The zero-order chi connectivity index (χ0) is 14.5. The Morgan fingerprint density at radius 2 is 1.50 bits per heavy atom. The minimum absolute atomic E-state index is 0.0610. The molecule has 0 heterocycles. The monoisotopic (exact) mass is 328 g/mol. The molecule has 4 heteroatoms. The maximum absolute atomic E-state index is 9.58. The van der Waals surface area contributed by atoms with Gasteiger partial charge in [0, 0.05) is 21.7 Å². The molecule has 0 aliphatic rings. The predicted octanol–water partition coefficient (Wildman–Crippen LogP) is 5.04. The van der Waals surface area contributed by atoms with Gasteiger partial charge in [0.25, 0.3) is 0 Å². The Morgan fingerprint density at radius 3 is 2.20 bits per heavy atom. The smallest absolute Gasteiger partial charge is 0.0465 e. The molecule has 0 radical (unpaired) electrons. The summed E-state index contributed by atoms with van der Waals surface area (Å²) in [7, 11) is 0. The third kappa shape index (κ3) is 4.13. The quantitative estimate of drug-likeness (QED) is 0.814. The van der Waals surface area contributed by atoms with Crippen LogP contribution in [0.4, 0.5) is 0 Å². The number of halogens is 3. The van der Waals surface area contributed by atoms with Gasteiger partial charge in [-0.2, -0.15) is 0 Å². The first-order valence-electron chi connectivity index (χ1n) is 6.38. The number of aliphatic hydroxyl groups excluding tert-OH is 1. The molecule has 2 aromatic carbocycles. The molecular formula is C16H15Cl3O. The maximum Gasteiger partial charge on any atom is 0.0465 e. The van der Waals surface area contributed by atoms with Gasteiger partial charge in [-0.15, -0.1) is 0 Å². The van der Waals surface area contributed by atoms with Gasteiger partial charge in [-0.3, -0.25) is 0 Å². The second-order valence-corrected chi connectivity index (χ2v) is 6.03. The Labute approximate surface area is 134 Å². The summed E-state index contributed by atoms with van der Waals surface area (Å²) in [6, 6.07) is 13.1. The van der Waals surface area contributed by atoms with Gasteiger partial charge in [-0.25, -0.2) is 0 Å². The van der Waals surface area contributed by atoms with Crippen molar-refractivity contribution < 1.29 is 5.11 Å². The van der Waals surface area contributed by atoms with Gasteiger partial charge >= 0.3 is 0 Å². The van der Waals surface area contributed by atoms with E-state index in [1.165, 1.54) is 0 Å². The molecule has 2 rings (SSSR count). The topological polar surface area (TPSA) is 20.2 Å². The van der Waals surface area contributed by atoms with Crippen LogP contribution in [0.1, 0.15) is 11.1 Å². The number of rotatable bonds is 5. The molecule has 0 aromatic heterocycles. The molecule has 0 spiro atoms. The highest BCUT2D eigenvalue weighted by molar-refractivity contribution is 6.33. The third-order valence-electron chi connectivity index (χ3n) is 3.24. The largest absolute Gasteiger partial charge is 0.396 e. The lowest BCUT2D eigenvalue weighted by molar-refractivity contribution is 0.225. The van der Waals surface area contributed by atoms with Crippen LogP contribution < -0.4 is 0 Å². The molecule has 2 aromatic rings. The van der Waals surface area contributed by atoms with Crippen molar-refractivity contribution in [3.63, 3.8) is 0 Å². The summed E-state index contributed by atoms with van der Waals surface area (Å²) < 4.78 is 0. The van der Waals surface area contributed by atoms with Gasteiger partial charge in [0.15, 0.2) is 0 Å². The van der Waals surface area contributed by atoms with E-state index in [-0.39, 0.29) is 12.5 Å². The lowest BCUT2D eigenvalue weighted by atomic mass is 9.93. The van der Waals surface area contributed by atoms with Crippen LogP contribution in [0.15, 0.2) is 42.5 Å². The van der Waals surface area contributed by atoms with Crippen LogP contribution in [0.5, 0.6) is 0 Å². The van der Waals surface area contributed by atoms with Crippen LogP contribution in [-0.4, -0.2) is 11.7 Å². The first-order valence-corrected chi connectivity index (χ1v) is 7.51. The zero-order valence-electron chi connectivity index (χ0n) is 10.8. The minimum Gasteiger partial charge on any atom is -0.396 e. The molecular weight excluding hydrogens is 315 g/mol. The van der Waals surface area contributed by atoms with Gasteiger partial charge in [0.1, 0.15) is 0 Å². The summed E-state index contributed by atoms with van der Waals surface area (Å²) in [4.78, 5) is 0. The van der Waals surface area contributed by atoms with Gasteiger partial charge in [-0.1, -0.05) is 53.0 Å². The highest BCUT2D eigenvalue weighted by Crippen LogP contribution is 2.26. The Hall–Kier alpha value is -0.730. The number of benzene rings is 2. The molecule has 0 saturated heterocycles. The van der Waals surface area contributed by atoms with Crippen molar-refractivity contribution in [3.8, 4) is 0 Å². The van der Waals surface area contributed by atoms with Crippen LogP contribution in [-0.2, 0) is 12.8 Å². The van der Waals surface area contributed by atoms with E-state index in [9.17, 15) is 5.11 Å². The minimum atomic E-state index is 0.0610. The van der Waals surface area contributed by atoms with Crippen molar-refractivity contribution in [1.29, 1.82) is 0 Å². The highest BCUT2D eigenvalue weighted by Gasteiger charge is 2.13. The summed E-state index contributed by atoms with van der Waals surface area (Å²) in [6.07, 6.45) is 1.38. The molecule has 1 nitrogen and oxygen atoms in total. The van der Waals surface area contributed by atoms with E-state index in [1.54, 1.807) is 12.1 Å². The van der Waals surface area contributed by atoms with E-state index in [0.717, 1.165) is 16.1 Å². The molecule has 0 amide bonds.